The van der Waals surface area contributed by atoms with Gasteiger partial charge in [0.25, 0.3) is 0 Å². The highest BCUT2D eigenvalue weighted by molar-refractivity contribution is 5.98. The SMILES string of the molecule is COC1=NCc2cc(CC(=O)N[C@@H](c3ccc(F)c(C)c3)C(C)(C)O)nc(CO)c21. The second-order valence-electron chi connectivity index (χ2n) is 7.92. The highest BCUT2D eigenvalue weighted by Gasteiger charge is 2.31. The van der Waals surface area contributed by atoms with Crippen LogP contribution < -0.4 is 5.32 Å². The number of fused-ring (bicyclic) bond motifs is 1. The van der Waals surface area contributed by atoms with Crippen LogP contribution in [0.15, 0.2) is 29.3 Å². The van der Waals surface area contributed by atoms with E-state index in [1.165, 1.54) is 13.2 Å². The van der Waals surface area contributed by atoms with Gasteiger partial charge in [-0.25, -0.2) is 9.38 Å². The lowest BCUT2D eigenvalue weighted by atomic mass is 9.90. The van der Waals surface area contributed by atoms with E-state index in [-0.39, 0.29) is 24.8 Å². The molecule has 3 rings (SSSR count). The highest BCUT2D eigenvalue weighted by Crippen LogP contribution is 2.28. The maximum atomic E-state index is 13.6. The standard InChI is InChI=1S/C22H26FN3O4/c1-12-7-13(5-6-16(12)23)20(22(2,3)29)26-18(28)9-15-8-14-10-24-21(30-4)19(14)17(11-27)25-15/h5-8,20,27,29H,9-11H2,1-4H3,(H,26,28)/t20-/m0/s1. The molecule has 1 aliphatic heterocycles. The first-order chi connectivity index (χ1) is 14.1. The van der Waals surface area contributed by atoms with Gasteiger partial charge in [0.2, 0.25) is 11.8 Å². The minimum atomic E-state index is -1.28. The van der Waals surface area contributed by atoms with E-state index in [9.17, 15) is 19.4 Å². The first-order valence-electron chi connectivity index (χ1n) is 9.63. The first kappa shape index (κ1) is 21.9. The number of ether oxygens (including phenoxy) is 1. The highest BCUT2D eigenvalue weighted by atomic mass is 19.1. The molecule has 0 saturated carbocycles. The van der Waals surface area contributed by atoms with E-state index in [0.717, 1.165) is 5.56 Å². The molecule has 0 unspecified atom stereocenters. The summed E-state index contributed by atoms with van der Waals surface area (Å²) in [6, 6.07) is 5.51. The molecule has 0 bridgehead atoms. The van der Waals surface area contributed by atoms with Gasteiger partial charge in [-0.05, 0) is 49.6 Å². The molecule has 0 aliphatic carbocycles. The zero-order chi connectivity index (χ0) is 22.1. The van der Waals surface area contributed by atoms with Crippen molar-refractivity contribution in [3.8, 4) is 0 Å². The number of amides is 1. The minimum Gasteiger partial charge on any atom is -0.481 e. The van der Waals surface area contributed by atoms with E-state index in [4.69, 9.17) is 4.74 Å². The normalized spacial score (nSPS) is 14.2. The van der Waals surface area contributed by atoms with Gasteiger partial charge in [0, 0.05) is 0 Å². The number of benzene rings is 1. The second-order valence-corrected chi connectivity index (χ2v) is 7.92. The van der Waals surface area contributed by atoms with E-state index in [1.807, 2.05) is 0 Å². The van der Waals surface area contributed by atoms with E-state index in [1.54, 1.807) is 39.0 Å². The Morgan fingerprint density at radius 2 is 2.10 bits per heavy atom. The van der Waals surface area contributed by atoms with E-state index < -0.39 is 11.6 Å². The van der Waals surface area contributed by atoms with Gasteiger partial charge < -0.3 is 20.3 Å². The number of halogens is 1. The zero-order valence-electron chi connectivity index (χ0n) is 17.5. The number of carbonyl (C=O) groups excluding carboxylic acids is 1. The molecule has 3 N–H and O–H groups in total. The number of rotatable bonds is 6. The van der Waals surface area contributed by atoms with Crippen molar-refractivity contribution in [1.82, 2.24) is 10.3 Å². The van der Waals surface area contributed by atoms with Crippen molar-refractivity contribution in [2.24, 2.45) is 4.99 Å². The molecule has 2 heterocycles. The van der Waals surface area contributed by atoms with Crippen LogP contribution in [0.2, 0.25) is 0 Å². The van der Waals surface area contributed by atoms with Crippen LogP contribution in [-0.4, -0.2) is 39.7 Å². The summed E-state index contributed by atoms with van der Waals surface area (Å²) in [4.78, 5) is 21.4. The summed E-state index contributed by atoms with van der Waals surface area (Å²) in [5, 5.41) is 23.1. The largest absolute Gasteiger partial charge is 0.481 e. The van der Waals surface area contributed by atoms with Crippen molar-refractivity contribution < 1.29 is 24.1 Å². The number of pyridine rings is 1. The predicted octanol–water partition coefficient (Wildman–Crippen LogP) is 2.10. The molecule has 0 radical (unpaired) electrons. The van der Waals surface area contributed by atoms with E-state index in [2.05, 4.69) is 15.3 Å². The number of aliphatic imine (C=N–C) groups is 1. The number of hydrogen-bond acceptors (Lipinski definition) is 6. The van der Waals surface area contributed by atoms with Gasteiger partial charge in [-0.1, -0.05) is 12.1 Å². The van der Waals surface area contributed by atoms with Gasteiger partial charge in [0.15, 0.2) is 0 Å². The molecule has 0 fully saturated rings. The number of hydrogen-bond donors (Lipinski definition) is 3. The Kier molecular flexibility index (Phi) is 6.19. The van der Waals surface area contributed by atoms with Crippen LogP contribution in [-0.2, 0) is 29.1 Å². The molecule has 1 aromatic carbocycles. The smallest absolute Gasteiger partial charge is 0.226 e. The lowest BCUT2D eigenvalue weighted by molar-refractivity contribution is -0.123. The lowest BCUT2D eigenvalue weighted by Crippen LogP contribution is -2.42. The van der Waals surface area contributed by atoms with Gasteiger partial charge >= 0.3 is 0 Å². The van der Waals surface area contributed by atoms with Crippen LogP contribution in [0.25, 0.3) is 0 Å². The Labute approximate surface area is 174 Å². The van der Waals surface area contributed by atoms with Crippen LogP contribution in [0, 0.1) is 12.7 Å². The third kappa shape index (κ3) is 4.49. The van der Waals surface area contributed by atoms with Gasteiger partial charge in [0.1, 0.15) is 5.82 Å². The summed E-state index contributed by atoms with van der Waals surface area (Å²) in [6.07, 6.45) is -0.0463. The van der Waals surface area contributed by atoms with Crippen molar-refractivity contribution in [2.45, 2.75) is 52.0 Å². The summed E-state index contributed by atoms with van der Waals surface area (Å²) in [5.41, 5.74) is 2.14. The number of nitrogens with zero attached hydrogens (tertiary/aromatic N) is 2. The summed E-state index contributed by atoms with van der Waals surface area (Å²) < 4.78 is 18.9. The summed E-state index contributed by atoms with van der Waals surface area (Å²) in [5.74, 6) is -0.284. The quantitative estimate of drug-likeness (QED) is 0.670. The van der Waals surface area contributed by atoms with Crippen molar-refractivity contribution in [1.29, 1.82) is 0 Å². The Morgan fingerprint density at radius 1 is 1.37 bits per heavy atom. The number of aliphatic hydroxyl groups excluding tert-OH is 1. The van der Waals surface area contributed by atoms with Crippen molar-refractivity contribution in [3.63, 3.8) is 0 Å². The molecule has 30 heavy (non-hydrogen) atoms. The zero-order valence-corrected chi connectivity index (χ0v) is 17.5. The topological polar surface area (TPSA) is 104 Å². The number of carbonyl (C=O) groups is 1. The second kappa shape index (κ2) is 8.49. The molecule has 0 saturated heterocycles. The molecule has 1 atom stereocenters. The van der Waals surface area contributed by atoms with Crippen LogP contribution in [0.4, 0.5) is 4.39 Å². The lowest BCUT2D eigenvalue weighted by Gasteiger charge is -2.31. The molecule has 1 amide bonds. The fourth-order valence-corrected chi connectivity index (χ4v) is 3.61. The van der Waals surface area contributed by atoms with Crippen LogP contribution in [0.5, 0.6) is 0 Å². The predicted molar refractivity (Wildman–Crippen MR) is 109 cm³/mol. The molecule has 2 aromatic rings. The molecule has 1 aliphatic rings. The molecule has 7 nitrogen and oxygen atoms in total. The van der Waals surface area contributed by atoms with Crippen molar-refractivity contribution >= 4 is 11.8 Å². The maximum Gasteiger partial charge on any atom is 0.226 e. The number of aryl methyl sites for hydroxylation is 1. The van der Waals surface area contributed by atoms with Crippen molar-refractivity contribution in [2.75, 3.05) is 7.11 Å². The van der Waals surface area contributed by atoms with Crippen LogP contribution in [0.3, 0.4) is 0 Å². The van der Waals surface area contributed by atoms with Gasteiger partial charge in [0.05, 0.1) is 55.3 Å². The fraction of sp³-hybridized carbons (Fsp3) is 0.409. The Bertz CT molecular complexity index is 999. The number of aliphatic hydroxyl groups is 2. The summed E-state index contributed by atoms with van der Waals surface area (Å²) in [6.45, 7) is 4.88. The van der Waals surface area contributed by atoms with Gasteiger partial charge in [-0.3, -0.25) is 9.78 Å². The molecular formula is C22H26FN3O4. The third-order valence-electron chi connectivity index (χ3n) is 5.05. The number of nitrogens with one attached hydrogen (secondary N) is 1. The average Bonchev–Trinajstić information content (AvgIpc) is 3.10. The molecule has 160 valence electrons. The summed E-state index contributed by atoms with van der Waals surface area (Å²) in [7, 11) is 1.50. The Morgan fingerprint density at radius 3 is 2.70 bits per heavy atom. The maximum absolute atomic E-state index is 13.6. The number of methoxy groups -OCH3 is 1. The van der Waals surface area contributed by atoms with Gasteiger partial charge in [-0.2, -0.15) is 0 Å². The third-order valence-corrected chi connectivity index (χ3v) is 5.05. The average molecular weight is 415 g/mol. The van der Waals surface area contributed by atoms with E-state index in [0.29, 0.717) is 40.5 Å². The first-order valence-corrected chi connectivity index (χ1v) is 9.63. The Balaban J connectivity index is 1.82. The molecular weight excluding hydrogens is 389 g/mol. The van der Waals surface area contributed by atoms with Gasteiger partial charge in [-0.15, -0.1) is 0 Å². The fourth-order valence-electron chi connectivity index (χ4n) is 3.61. The van der Waals surface area contributed by atoms with Crippen LogP contribution >= 0.6 is 0 Å². The molecule has 1 aromatic heterocycles. The molecule has 0 spiro atoms. The van der Waals surface area contributed by atoms with Crippen molar-refractivity contribution in [3.05, 3.63) is 63.7 Å². The molecule has 8 heteroatoms. The summed E-state index contributed by atoms with van der Waals surface area (Å²) >= 11 is 0. The van der Waals surface area contributed by atoms with Crippen LogP contribution in [0.1, 0.15) is 53.5 Å². The minimum absolute atomic E-state index is 0.0463. The number of aromatic nitrogens is 1. The Hall–Kier alpha value is -2.84. The monoisotopic (exact) mass is 415 g/mol. The van der Waals surface area contributed by atoms with E-state index >= 15 is 0 Å².